The first kappa shape index (κ1) is 18.1. The highest BCUT2D eigenvalue weighted by Crippen LogP contribution is 2.23. The van der Waals surface area contributed by atoms with Crippen LogP contribution in [0.4, 0.5) is 4.79 Å². The average molecular weight is 333 g/mol. The van der Waals surface area contributed by atoms with Crippen LogP contribution in [0.3, 0.4) is 0 Å². The lowest BCUT2D eigenvalue weighted by Crippen LogP contribution is -2.44. The third-order valence-corrected chi connectivity index (χ3v) is 4.29. The van der Waals surface area contributed by atoms with Crippen LogP contribution in [-0.2, 0) is 4.79 Å². The Kier molecular flexibility index (Phi) is 6.46. The van der Waals surface area contributed by atoms with Gasteiger partial charge in [0.25, 0.3) is 0 Å². The van der Waals surface area contributed by atoms with E-state index in [0.29, 0.717) is 0 Å². The summed E-state index contributed by atoms with van der Waals surface area (Å²) in [5.74, 6) is 0.980. The number of carbonyl (C=O) groups is 2. The van der Waals surface area contributed by atoms with Crippen molar-refractivity contribution in [2.75, 3.05) is 26.7 Å². The molecule has 24 heavy (non-hydrogen) atoms. The first-order valence-corrected chi connectivity index (χ1v) is 8.47. The molecule has 1 fully saturated rings. The van der Waals surface area contributed by atoms with Gasteiger partial charge in [0.05, 0.1) is 19.7 Å². The van der Waals surface area contributed by atoms with Crippen LogP contribution in [0.5, 0.6) is 5.75 Å². The summed E-state index contributed by atoms with van der Waals surface area (Å²) in [5.41, 5.74) is 1.01. The molecule has 6 nitrogen and oxygen atoms in total. The summed E-state index contributed by atoms with van der Waals surface area (Å²) < 4.78 is 5.16. The second-order valence-electron chi connectivity index (χ2n) is 6.41. The van der Waals surface area contributed by atoms with E-state index in [1.807, 2.05) is 38.1 Å². The number of nitrogens with one attached hydrogen (secondary N) is 2. The second kappa shape index (κ2) is 8.57. The van der Waals surface area contributed by atoms with Crippen LogP contribution in [0, 0.1) is 5.92 Å². The predicted molar refractivity (Wildman–Crippen MR) is 92.9 cm³/mol. The van der Waals surface area contributed by atoms with Crippen LogP contribution < -0.4 is 15.4 Å². The number of hydrogen-bond donors (Lipinski definition) is 2. The SMILES string of the molecule is COc1ccc(C(NC(=O)NCC(=O)N2CCCC2)C(C)C)cc1. The minimum Gasteiger partial charge on any atom is -0.497 e. The Balaban J connectivity index is 1.89. The molecule has 2 N–H and O–H groups in total. The van der Waals surface area contributed by atoms with Gasteiger partial charge >= 0.3 is 6.03 Å². The maximum atomic E-state index is 12.2. The summed E-state index contributed by atoms with van der Waals surface area (Å²) in [5, 5.41) is 5.63. The lowest BCUT2D eigenvalue weighted by Gasteiger charge is -2.23. The van der Waals surface area contributed by atoms with Gasteiger partial charge in [-0.2, -0.15) is 0 Å². The van der Waals surface area contributed by atoms with Gasteiger partial charge in [0.1, 0.15) is 5.75 Å². The van der Waals surface area contributed by atoms with Crippen molar-refractivity contribution in [3.05, 3.63) is 29.8 Å². The molecule has 1 atom stereocenters. The maximum Gasteiger partial charge on any atom is 0.315 e. The van der Waals surface area contributed by atoms with E-state index in [0.717, 1.165) is 37.2 Å². The second-order valence-corrected chi connectivity index (χ2v) is 6.41. The molecule has 0 radical (unpaired) electrons. The first-order chi connectivity index (χ1) is 11.5. The van der Waals surface area contributed by atoms with Crippen molar-refractivity contribution in [2.45, 2.75) is 32.7 Å². The third-order valence-electron chi connectivity index (χ3n) is 4.29. The molecule has 6 heteroatoms. The topological polar surface area (TPSA) is 70.7 Å². The van der Waals surface area contributed by atoms with Crippen LogP contribution in [0.2, 0.25) is 0 Å². The van der Waals surface area contributed by atoms with Gasteiger partial charge in [-0.05, 0) is 36.5 Å². The lowest BCUT2D eigenvalue weighted by molar-refractivity contribution is -0.128. The summed E-state index contributed by atoms with van der Waals surface area (Å²) in [4.78, 5) is 25.9. The van der Waals surface area contributed by atoms with Crippen molar-refractivity contribution in [1.29, 1.82) is 0 Å². The molecule has 2 rings (SSSR count). The largest absolute Gasteiger partial charge is 0.497 e. The molecule has 0 saturated carbocycles. The van der Waals surface area contributed by atoms with Crippen molar-refractivity contribution < 1.29 is 14.3 Å². The molecule has 1 aliphatic rings. The molecule has 1 aliphatic heterocycles. The van der Waals surface area contributed by atoms with E-state index in [2.05, 4.69) is 10.6 Å². The Morgan fingerprint density at radius 2 is 1.79 bits per heavy atom. The number of rotatable bonds is 6. The number of carbonyl (C=O) groups excluding carboxylic acids is 2. The first-order valence-electron chi connectivity index (χ1n) is 8.47. The number of nitrogens with zero attached hydrogens (tertiary/aromatic N) is 1. The highest BCUT2D eigenvalue weighted by Gasteiger charge is 2.21. The minimum absolute atomic E-state index is 0.0202. The highest BCUT2D eigenvalue weighted by molar-refractivity contribution is 5.84. The van der Waals surface area contributed by atoms with E-state index in [1.54, 1.807) is 12.0 Å². The van der Waals surface area contributed by atoms with Crippen molar-refractivity contribution in [3.8, 4) is 5.75 Å². The van der Waals surface area contributed by atoms with Crippen molar-refractivity contribution >= 4 is 11.9 Å². The molecule has 1 heterocycles. The highest BCUT2D eigenvalue weighted by atomic mass is 16.5. The smallest absolute Gasteiger partial charge is 0.315 e. The number of likely N-dealkylation sites (tertiary alicyclic amines) is 1. The van der Waals surface area contributed by atoms with Gasteiger partial charge < -0.3 is 20.3 Å². The lowest BCUT2D eigenvalue weighted by atomic mass is 9.96. The van der Waals surface area contributed by atoms with Gasteiger partial charge in [-0.3, -0.25) is 4.79 Å². The van der Waals surface area contributed by atoms with Gasteiger partial charge in [0.15, 0.2) is 0 Å². The average Bonchev–Trinajstić information content (AvgIpc) is 3.12. The van der Waals surface area contributed by atoms with E-state index in [-0.39, 0.29) is 30.4 Å². The summed E-state index contributed by atoms with van der Waals surface area (Å²) in [6, 6.07) is 7.19. The molecule has 0 bridgehead atoms. The van der Waals surface area contributed by atoms with Crippen molar-refractivity contribution in [3.63, 3.8) is 0 Å². The zero-order valence-electron chi connectivity index (χ0n) is 14.7. The number of urea groups is 1. The van der Waals surface area contributed by atoms with Gasteiger partial charge in [-0.15, -0.1) is 0 Å². The maximum absolute atomic E-state index is 12.2. The van der Waals surface area contributed by atoms with Gasteiger partial charge in [0, 0.05) is 13.1 Å². The van der Waals surface area contributed by atoms with Gasteiger partial charge in [-0.1, -0.05) is 26.0 Å². The van der Waals surface area contributed by atoms with Gasteiger partial charge in [-0.25, -0.2) is 4.79 Å². The molecule has 1 saturated heterocycles. The van der Waals surface area contributed by atoms with E-state index in [4.69, 9.17) is 4.74 Å². The third kappa shape index (κ3) is 4.88. The van der Waals surface area contributed by atoms with Crippen LogP contribution in [0.25, 0.3) is 0 Å². The summed E-state index contributed by atoms with van der Waals surface area (Å²) in [6.07, 6.45) is 2.09. The Bertz CT molecular complexity index is 551. The van der Waals surface area contributed by atoms with E-state index < -0.39 is 0 Å². The molecule has 1 unspecified atom stereocenters. The van der Waals surface area contributed by atoms with Crippen LogP contribution in [0.15, 0.2) is 24.3 Å². The Morgan fingerprint density at radius 3 is 2.33 bits per heavy atom. The molecule has 132 valence electrons. The van der Waals surface area contributed by atoms with Gasteiger partial charge in [0.2, 0.25) is 5.91 Å². The molecule has 0 aromatic heterocycles. The quantitative estimate of drug-likeness (QED) is 0.839. The summed E-state index contributed by atoms with van der Waals surface area (Å²) >= 11 is 0. The number of amides is 3. The van der Waals surface area contributed by atoms with Crippen molar-refractivity contribution in [2.24, 2.45) is 5.92 Å². The van der Waals surface area contributed by atoms with Crippen LogP contribution >= 0.6 is 0 Å². The monoisotopic (exact) mass is 333 g/mol. The Morgan fingerprint density at radius 1 is 1.17 bits per heavy atom. The molecule has 1 aromatic carbocycles. The van der Waals surface area contributed by atoms with Crippen LogP contribution in [-0.4, -0.2) is 43.6 Å². The number of methoxy groups -OCH3 is 1. The number of ether oxygens (including phenoxy) is 1. The fraction of sp³-hybridized carbons (Fsp3) is 0.556. The normalized spacial score (nSPS) is 15.2. The fourth-order valence-electron chi connectivity index (χ4n) is 2.87. The zero-order valence-corrected chi connectivity index (χ0v) is 14.7. The number of hydrogen-bond acceptors (Lipinski definition) is 3. The predicted octanol–water partition coefficient (Wildman–Crippen LogP) is 2.31. The standard InChI is InChI=1S/C18H27N3O3/c1-13(2)17(14-6-8-15(24-3)9-7-14)20-18(23)19-12-16(22)21-10-4-5-11-21/h6-9,13,17H,4-5,10-12H2,1-3H3,(H2,19,20,23). The minimum atomic E-state index is -0.322. The fourth-order valence-corrected chi connectivity index (χ4v) is 2.87. The molecule has 3 amide bonds. The summed E-state index contributed by atoms with van der Waals surface area (Å²) in [6.45, 7) is 5.72. The molecular weight excluding hydrogens is 306 g/mol. The van der Waals surface area contributed by atoms with Crippen molar-refractivity contribution in [1.82, 2.24) is 15.5 Å². The zero-order chi connectivity index (χ0) is 17.5. The van der Waals surface area contributed by atoms with E-state index in [1.165, 1.54) is 0 Å². The summed E-state index contributed by atoms with van der Waals surface area (Å²) in [7, 11) is 1.62. The molecule has 0 spiro atoms. The van der Waals surface area contributed by atoms with E-state index in [9.17, 15) is 9.59 Å². The molecular formula is C18H27N3O3. The van der Waals surface area contributed by atoms with Crippen LogP contribution in [0.1, 0.15) is 38.3 Å². The Labute approximate surface area is 143 Å². The molecule has 0 aliphatic carbocycles. The number of benzene rings is 1. The molecule has 1 aromatic rings. The Hall–Kier alpha value is -2.24. The van der Waals surface area contributed by atoms with E-state index >= 15 is 0 Å².